The summed E-state index contributed by atoms with van der Waals surface area (Å²) < 4.78 is 0. The Hall–Kier alpha value is -2.29. The van der Waals surface area contributed by atoms with Crippen LogP contribution in [0.4, 0.5) is 5.69 Å². The van der Waals surface area contributed by atoms with Crippen molar-refractivity contribution < 1.29 is 0 Å². The van der Waals surface area contributed by atoms with Crippen LogP contribution in [0.3, 0.4) is 0 Å². The van der Waals surface area contributed by atoms with Gasteiger partial charge < -0.3 is 10.7 Å². The summed E-state index contributed by atoms with van der Waals surface area (Å²) in [6.45, 7) is 4.17. The largest absolute Gasteiger partial charge is 0.399 e. The quantitative estimate of drug-likeness (QED) is 0.637. The number of nitrogen functional groups attached to an aromatic ring is 1. The number of aryl methyl sites for hydroxylation is 2. The third-order valence-corrected chi connectivity index (χ3v) is 3.08. The molecular weight excluding hydrogens is 222 g/mol. The fourth-order valence-corrected chi connectivity index (χ4v) is 2.29. The van der Waals surface area contributed by atoms with Crippen molar-refractivity contribution in [2.45, 2.75) is 13.8 Å². The van der Waals surface area contributed by atoms with Crippen LogP contribution < -0.4 is 5.73 Å². The molecule has 2 aromatic carbocycles. The molecule has 90 valence electrons. The van der Waals surface area contributed by atoms with Gasteiger partial charge in [-0.25, -0.2) is 4.98 Å². The summed E-state index contributed by atoms with van der Waals surface area (Å²) in [7, 11) is 0. The molecule has 3 heteroatoms. The Bertz CT molecular complexity index is 726. The molecule has 0 bridgehead atoms. The zero-order chi connectivity index (χ0) is 12.7. The highest BCUT2D eigenvalue weighted by molar-refractivity contribution is 5.83. The molecule has 0 aliphatic heterocycles. The number of hydrogen-bond donors (Lipinski definition) is 2. The van der Waals surface area contributed by atoms with Crippen LogP contribution in [0.1, 0.15) is 11.1 Å². The van der Waals surface area contributed by atoms with Gasteiger partial charge in [-0.3, -0.25) is 0 Å². The SMILES string of the molecule is Cc1cc(C)c2nc(-c3cccc(N)c3)[nH]c2c1. The molecule has 0 aliphatic carbocycles. The molecule has 0 saturated heterocycles. The van der Waals surface area contributed by atoms with Gasteiger partial charge in [-0.15, -0.1) is 0 Å². The standard InChI is InChI=1S/C15H15N3/c1-9-6-10(2)14-13(7-9)17-15(18-14)11-4-3-5-12(16)8-11/h3-8H,16H2,1-2H3,(H,17,18). The summed E-state index contributed by atoms with van der Waals surface area (Å²) in [6, 6.07) is 12.0. The number of benzene rings is 2. The number of hydrogen-bond acceptors (Lipinski definition) is 2. The van der Waals surface area contributed by atoms with E-state index in [1.165, 1.54) is 11.1 Å². The average Bonchev–Trinajstić information content (AvgIpc) is 2.73. The second kappa shape index (κ2) is 3.88. The minimum absolute atomic E-state index is 0.751. The minimum atomic E-state index is 0.751. The van der Waals surface area contributed by atoms with E-state index in [1.54, 1.807) is 0 Å². The zero-order valence-electron chi connectivity index (χ0n) is 10.5. The van der Waals surface area contributed by atoms with E-state index in [-0.39, 0.29) is 0 Å². The van der Waals surface area contributed by atoms with Crippen molar-refractivity contribution in [3.05, 3.63) is 47.5 Å². The van der Waals surface area contributed by atoms with Crippen LogP contribution in [0.2, 0.25) is 0 Å². The molecule has 0 amide bonds. The lowest BCUT2D eigenvalue weighted by Crippen LogP contribution is -1.86. The van der Waals surface area contributed by atoms with Crippen LogP contribution in [0.5, 0.6) is 0 Å². The van der Waals surface area contributed by atoms with E-state index in [1.807, 2.05) is 24.3 Å². The Balaban J connectivity index is 2.22. The molecule has 3 N–H and O–H groups in total. The topological polar surface area (TPSA) is 54.7 Å². The van der Waals surface area contributed by atoms with Crippen molar-refractivity contribution in [1.29, 1.82) is 0 Å². The zero-order valence-corrected chi connectivity index (χ0v) is 10.5. The molecule has 3 rings (SSSR count). The van der Waals surface area contributed by atoms with Crippen LogP contribution >= 0.6 is 0 Å². The third kappa shape index (κ3) is 1.74. The predicted molar refractivity (Wildman–Crippen MR) is 75.4 cm³/mol. The van der Waals surface area contributed by atoms with Crippen LogP contribution in [0.25, 0.3) is 22.4 Å². The number of nitrogens with zero attached hydrogens (tertiary/aromatic N) is 1. The maximum Gasteiger partial charge on any atom is 0.138 e. The highest BCUT2D eigenvalue weighted by Crippen LogP contribution is 2.24. The molecule has 0 spiro atoms. The maximum absolute atomic E-state index is 5.80. The van der Waals surface area contributed by atoms with E-state index < -0.39 is 0 Å². The number of anilines is 1. The minimum Gasteiger partial charge on any atom is -0.399 e. The van der Waals surface area contributed by atoms with Crippen molar-refractivity contribution in [2.75, 3.05) is 5.73 Å². The second-order valence-corrected chi connectivity index (χ2v) is 4.69. The summed E-state index contributed by atoms with van der Waals surface area (Å²) in [5, 5.41) is 0. The molecule has 0 radical (unpaired) electrons. The van der Waals surface area contributed by atoms with Gasteiger partial charge in [0.05, 0.1) is 11.0 Å². The lowest BCUT2D eigenvalue weighted by Gasteiger charge is -1.97. The maximum atomic E-state index is 5.80. The van der Waals surface area contributed by atoms with Gasteiger partial charge in [0.2, 0.25) is 0 Å². The highest BCUT2D eigenvalue weighted by Gasteiger charge is 2.07. The van der Waals surface area contributed by atoms with Gasteiger partial charge in [-0.1, -0.05) is 18.2 Å². The number of aromatic amines is 1. The van der Waals surface area contributed by atoms with Crippen LogP contribution in [0.15, 0.2) is 36.4 Å². The van der Waals surface area contributed by atoms with Crippen LogP contribution in [-0.4, -0.2) is 9.97 Å². The average molecular weight is 237 g/mol. The van der Waals surface area contributed by atoms with Crippen molar-refractivity contribution >= 4 is 16.7 Å². The van der Waals surface area contributed by atoms with Crippen molar-refractivity contribution in [3.63, 3.8) is 0 Å². The van der Waals surface area contributed by atoms with Gasteiger partial charge in [-0.2, -0.15) is 0 Å². The van der Waals surface area contributed by atoms with Gasteiger partial charge in [0.15, 0.2) is 0 Å². The number of H-pyrrole nitrogens is 1. The monoisotopic (exact) mass is 237 g/mol. The molecule has 1 aromatic heterocycles. The van der Waals surface area contributed by atoms with Gasteiger partial charge in [0, 0.05) is 11.3 Å². The van der Waals surface area contributed by atoms with Crippen molar-refractivity contribution in [1.82, 2.24) is 9.97 Å². The van der Waals surface area contributed by atoms with Crippen LogP contribution in [-0.2, 0) is 0 Å². The molecule has 3 aromatic rings. The van der Waals surface area contributed by atoms with Gasteiger partial charge in [-0.05, 0) is 43.2 Å². The normalized spacial score (nSPS) is 11.0. The lowest BCUT2D eigenvalue weighted by molar-refractivity contribution is 1.33. The Morgan fingerprint density at radius 3 is 2.72 bits per heavy atom. The number of aromatic nitrogens is 2. The first-order chi connectivity index (χ1) is 8.63. The Kier molecular flexibility index (Phi) is 2.33. The predicted octanol–water partition coefficient (Wildman–Crippen LogP) is 3.43. The van der Waals surface area contributed by atoms with Crippen molar-refractivity contribution in [2.24, 2.45) is 0 Å². The summed E-state index contributed by atoms with van der Waals surface area (Å²) in [4.78, 5) is 8.01. The molecule has 0 saturated carbocycles. The summed E-state index contributed by atoms with van der Waals surface area (Å²) in [6.07, 6.45) is 0. The van der Waals surface area contributed by atoms with Crippen molar-refractivity contribution in [3.8, 4) is 11.4 Å². The number of rotatable bonds is 1. The Morgan fingerprint density at radius 1 is 1.11 bits per heavy atom. The van der Waals surface area contributed by atoms with E-state index >= 15 is 0 Å². The first kappa shape index (κ1) is 10.8. The van der Waals surface area contributed by atoms with E-state index in [0.29, 0.717) is 0 Å². The van der Waals surface area contributed by atoms with E-state index in [4.69, 9.17) is 5.73 Å². The number of imidazole rings is 1. The molecule has 0 unspecified atom stereocenters. The molecule has 18 heavy (non-hydrogen) atoms. The summed E-state index contributed by atoms with van der Waals surface area (Å²) in [5.74, 6) is 0.867. The first-order valence-electron chi connectivity index (χ1n) is 5.96. The molecule has 3 nitrogen and oxygen atoms in total. The number of nitrogens with one attached hydrogen (secondary N) is 1. The highest BCUT2D eigenvalue weighted by atomic mass is 14.9. The van der Waals surface area contributed by atoms with E-state index in [2.05, 4.69) is 35.9 Å². The second-order valence-electron chi connectivity index (χ2n) is 4.69. The van der Waals surface area contributed by atoms with Gasteiger partial charge in [0.25, 0.3) is 0 Å². The molecular formula is C15H15N3. The molecule has 0 aliphatic rings. The summed E-state index contributed by atoms with van der Waals surface area (Å²) >= 11 is 0. The summed E-state index contributed by atoms with van der Waals surface area (Å²) in [5.41, 5.74) is 12.1. The van der Waals surface area contributed by atoms with Crippen LogP contribution in [0, 0.1) is 13.8 Å². The molecule has 0 atom stereocenters. The Morgan fingerprint density at radius 2 is 1.94 bits per heavy atom. The first-order valence-corrected chi connectivity index (χ1v) is 5.96. The smallest absolute Gasteiger partial charge is 0.138 e. The fraction of sp³-hybridized carbons (Fsp3) is 0.133. The number of nitrogens with two attached hydrogens (primary N) is 1. The molecule has 1 heterocycles. The third-order valence-electron chi connectivity index (χ3n) is 3.08. The fourth-order valence-electron chi connectivity index (χ4n) is 2.29. The van der Waals surface area contributed by atoms with Gasteiger partial charge >= 0.3 is 0 Å². The Labute approximate surface area is 106 Å². The van der Waals surface area contributed by atoms with E-state index in [9.17, 15) is 0 Å². The lowest BCUT2D eigenvalue weighted by atomic mass is 10.1. The van der Waals surface area contributed by atoms with E-state index in [0.717, 1.165) is 28.1 Å². The van der Waals surface area contributed by atoms with Gasteiger partial charge in [0.1, 0.15) is 5.82 Å². The molecule has 0 fully saturated rings. The number of fused-ring (bicyclic) bond motifs is 1.